The van der Waals surface area contributed by atoms with Crippen LogP contribution in [-0.4, -0.2) is 19.6 Å². The molecule has 8 heteroatoms. The molecule has 1 aliphatic rings. The summed E-state index contributed by atoms with van der Waals surface area (Å²) in [6, 6.07) is 18.5. The van der Waals surface area contributed by atoms with Crippen LogP contribution in [-0.2, 0) is 24.3 Å². The molecule has 32 heavy (non-hydrogen) atoms. The summed E-state index contributed by atoms with van der Waals surface area (Å²) in [4.78, 5) is 7.67. The van der Waals surface area contributed by atoms with E-state index in [1.807, 2.05) is 35.6 Å². The molecule has 3 heterocycles. The van der Waals surface area contributed by atoms with E-state index in [1.165, 1.54) is 27.8 Å². The van der Waals surface area contributed by atoms with E-state index in [0.29, 0.717) is 0 Å². The molecule has 2 aromatic carbocycles. The molecule has 5 aromatic rings. The van der Waals surface area contributed by atoms with Gasteiger partial charge in [0, 0.05) is 21.4 Å². The van der Waals surface area contributed by atoms with Gasteiger partial charge in [0.1, 0.15) is 4.83 Å². The molecule has 0 aliphatic heterocycles. The maximum Gasteiger partial charge on any atom is 0.198 e. The number of rotatable bonds is 6. The SMILES string of the molecule is Clc1ccccc1CSc1nnc2c3c4c(sc3nc(SCc3ccccc3)n12)CCC4. The first kappa shape index (κ1) is 20.5. The van der Waals surface area contributed by atoms with Gasteiger partial charge in [-0.1, -0.05) is 83.7 Å². The maximum atomic E-state index is 6.39. The molecule has 4 nitrogen and oxygen atoms in total. The van der Waals surface area contributed by atoms with Gasteiger partial charge in [0.2, 0.25) is 0 Å². The second kappa shape index (κ2) is 8.71. The van der Waals surface area contributed by atoms with Crippen LogP contribution in [0.15, 0.2) is 64.9 Å². The van der Waals surface area contributed by atoms with E-state index in [4.69, 9.17) is 16.6 Å². The first-order valence-corrected chi connectivity index (χ1v) is 13.7. The van der Waals surface area contributed by atoms with Crippen molar-refractivity contribution in [2.75, 3.05) is 0 Å². The molecule has 1 aliphatic carbocycles. The van der Waals surface area contributed by atoms with Gasteiger partial charge in [-0.2, -0.15) is 0 Å². The molecular weight excluding hydrogens is 476 g/mol. The number of hydrogen-bond donors (Lipinski definition) is 0. The molecule has 0 saturated heterocycles. The normalized spacial score (nSPS) is 13.3. The smallest absolute Gasteiger partial charge is 0.198 e. The number of hydrogen-bond acceptors (Lipinski definition) is 6. The quantitative estimate of drug-likeness (QED) is 0.186. The van der Waals surface area contributed by atoms with Gasteiger partial charge in [-0.25, -0.2) is 9.38 Å². The minimum absolute atomic E-state index is 0.739. The second-order valence-electron chi connectivity index (χ2n) is 7.73. The van der Waals surface area contributed by atoms with Gasteiger partial charge in [0.25, 0.3) is 0 Å². The van der Waals surface area contributed by atoms with E-state index in [2.05, 4.69) is 44.9 Å². The minimum atomic E-state index is 0.739. The Balaban J connectivity index is 1.43. The van der Waals surface area contributed by atoms with Gasteiger partial charge in [-0.05, 0) is 42.0 Å². The summed E-state index contributed by atoms with van der Waals surface area (Å²) in [5.41, 5.74) is 4.74. The van der Waals surface area contributed by atoms with Gasteiger partial charge in [0.05, 0.1) is 5.39 Å². The topological polar surface area (TPSA) is 43.1 Å². The maximum absolute atomic E-state index is 6.39. The summed E-state index contributed by atoms with van der Waals surface area (Å²) in [6.07, 6.45) is 3.48. The summed E-state index contributed by atoms with van der Waals surface area (Å²) >= 11 is 11.6. The van der Waals surface area contributed by atoms with E-state index in [9.17, 15) is 0 Å². The lowest BCUT2D eigenvalue weighted by Crippen LogP contribution is -1.98. The van der Waals surface area contributed by atoms with Crippen LogP contribution < -0.4 is 0 Å². The van der Waals surface area contributed by atoms with Crippen LogP contribution in [0.4, 0.5) is 0 Å². The van der Waals surface area contributed by atoms with E-state index >= 15 is 0 Å². The Bertz CT molecular complexity index is 1430. The van der Waals surface area contributed by atoms with Crippen molar-refractivity contribution in [3.8, 4) is 0 Å². The highest BCUT2D eigenvalue weighted by Crippen LogP contribution is 2.41. The Labute approximate surface area is 203 Å². The number of aryl methyl sites for hydroxylation is 2. The van der Waals surface area contributed by atoms with Crippen LogP contribution in [0.3, 0.4) is 0 Å². The average Bonchev–Trinajstić information content (AvgIpc) is 3.52. The summed E-state index contributed by atoms with van der Waals surface area (Å²) < 4.78 is 2.16. The van der Waals surface area contributed by atoms with Gasteiger partial charge < -0.3 is 0 Å². The van der Waals surface area contributed by atoms with E-state index < -0.39 is 0 Å². The van der Waals surface area contributed by atoms with Crippen molar-refractivity contribution in [2.24, 2.45) is 0 Å². The predicted molar refractivity (Wildman–Crippen MR) is 135 cm³/mol. The predicted octanol–water partition coefficient (Wildman–Crippen LogP) is 7.07. The minimum Gasteiger partial charge on any atom is -0.247 e. The zero-order valence-corrected chi connectivity index (χ0v) is 20.3. The molecule has 0 bridgehead atoms. The summed E-state index contributed by atoms with van der Waals surface area (Å²) in [5.74, 6) is 1.59. The molecule has 0 unspecified atom stereocenters. The second-order valence-corrected chi connectivity index (χ2v) is 11.1. The molecule has 6 rings (SSSR count). The first-order valence-electron chi connectivity index (χ1n) is 10.5. The van der Waals surface area contributed by atoms with Crippen molar-refractivity contribution < 1.29 is 0 Å². The fourth-order valence-corrected chi connectivity index (χ4v) is 7.65. The van der Waals surface area contributed by atoms with Crippen molar-refractivity contribution in [3.05, 3.63) is 81.2 Å². The molecule has 0 radical (unpaired) electrons. The monoisotopic (exact) mass is 494 g/mol. The third kappa shape index (κ3) is 3.71. The average molecular weight is 495 g/mol. The Hall–Kier alpha value is -2.06. The summed E-state index contributed by atoms with van der Waals surface area (Å²) in [6.45, 7) is 0. The number of thiophene rings is 1. The Morgan fingerprint density at radius 1 is 0.906 bits per heavy atom. The molecule has 0 amide bonds. The van der Waals surface area contributed by atoms with Crippen LogP contribution in [0, 0.1) is 0 Å². The van der Waals surface area contributed by atoms with E-state index in [-0.39, 0.29) is 0 Å². The molecule has 0 spiro atoms. The van der Waals surface area contributed by atoms with Gasteiger partial charge in [-0.15, -0.1) is 21.5 Å². The third-order valence-corrected chi connectivity index (χ3v) is 9.22. The molecule has 0 atom stereocenters. The van der Waals surface area contributed by atoms with Crippen LogP contribution in [0.5, 0.6) is 0 Å². The standard InChI is InChI=1S/C24H19ClN4S3/c25-18-11-5-4-9-16(18)14-31-24-28-27-21-20-17-10-6-12-19(17)32-22(20)26-23(29(21)24)30-13-15-7-2-1-3-8-15/h1-5,7-9,11H,6,10,12-14H2. The lowest BCUT2D eigenvalue weighted by Gasteiger charge is -2.09. The number of nitrogens with zero attached hydrogens (tertiary/aromatic N) is 4. The summed E-state index contributed by atoms with van der Waals surface area (Å²) in [7, 11) is 0. The van der Waals surface area contributed by atoms with Crippen molar-refractivity contribution in [2.45, 2.75) is 41.1 Å². The highest BCUT2D eigenvalue weighted by atomic mass is 35.5. The van der Waals surface area contributed by atoms with Crippen LogP contribution in [0.2, 0.25) is 5.02 Å². The molecule has 0 N–H and O–H groups in total. The number of aromatic nitrogens is 4. The molecular formula is C24H19ClN4S3. The van der Waals surface area contributed by atoms with Gasteiger partial charge >= 0.3 is 0 Å². The number of benzene rings is 2. The molecule has 160 valence electrons. The molecule has 0 saturated carbocycles. The Morgan fingerprint density at radius 2 is 1.72 bits per heavy atom. The molecule has 3 aromatic heterocycles. The van der Waals surface area contributed by atoms with E-state index in [1.54, 1.807) is 23.5 Å². The zero-order chi connectivity index (χ0) is 21.5. The van der Waals surface area contributed by atoms with Crippen molar-refractivity contribution in [1.82, 2.24) is 19.6 Å². The fraction of sp³-hybridized carbons (Fsp3) is 0.208. The van der Waals surface area contributed by atoms with Crippen LogP contribution in [0.25, 0.3) is 15.9 Å². The van der Waals surface area contributed by atoms with Gasteiger partial charge in [-0.3, -0.25) is 0 Å². The third-order valence-electron chi connectivity index (χ3n) is 5.67. The Kier molecular flexibility index (Phi) is 5.59. The highest BCUT2D eigenvalue weighted by Gasteiger charge is 2.24. The largest absolute Gasteiger partial charge is 0.247 e. The van der Waals surface area contributed by atoms with Crippen LogP contribution in [0.1, 0.15) is 28.0 Å². The number of fused-ring (bicyclic) bond motifs is 5. The lowest BCUT2D eigenvalue weighted by molar-refractivity contribution is 0.816. The molecule has 0 fully saturated rings. The van der Waals surface area contributed by atoms with Crippen molar-refractivity contribution >= 4 is 62.3 Å². The summed E-state index contributed by atoms with van der Waals surface area (Å²) in [5, 5.41) is 13.0. The van der Waals surface area contributed by atoms with Crippen molar-refractivity contribution in [3.63, 3.8) is 0 Å². The zero-order valence-electron chi connectivity index (χ0n) is 17.1. The Morgan fingerprint density at radius 3 is 2.59 bits per heavy atom. The highest BCUT2D eigenvalue weighted by molar-refractivity contribution is 7.99. The number of thioether (sulfide) groups is 2. The fourth-order valence-electron chi connectivity index (χ4n) is 4.11. The lowest BCUT2D eigenvalue weighted by atomic mass is 10.2. The van der Waals surface area contributed by atoms with Crippen LogP contribution >= 0.6 is 46.5 Å². The van der Waals surface area contributed by atoms with Crippen molar-refractivity contribution in [1.29, 1.82) is 0 Å². The van der Waals surface area contributed by atoms with E-state index in [0.717, 1.165) is 55.7 Å². The number of halogens is 1. The van der Waals surface area contributed by atoms with Gasteiger partial charge in [0.15, 0.2) is 16.0 Å². The first-order chi connectivity index (χ1) is 15.8.